The summed E-state index contributed by atoms with van der Waals surface area (Å²) in [5.41, 5.74) is 1.59. The number of amides is 2. The summed E-state index contributed by atoms with van der Waals surface area (Å²) in [7, 11) is 0. The molecule has 1 aromatic heterocycles. The molecule has 7 heteroatoms. The minimum Gasteiger partial charge on any atom is -0.444 e. The summed E-state index contributed by atoms with van der Waals surface area (Å²) in [6.45, 7) is 6.12. The summed E-state index contributed by atoms with van der Waals surface area (Å²) in [5.74, 6) is 0.404. The summed E-state index contributed by atoms with van der Waals surface area (Å²) in [6, 6.07) is 13.6. The van der Waals surface area contributed by atoms with Crippen molar-refractivity contribution in [1.82, 2.24) is 15.6 Å². The third-order valence-electron chi connectivity index (χ3n) is 5.90. The second-order valence-electron chi connectivity index (χ2n) is 9.76. The van der Waals surface area contributed by atoms with Gasteiger partial charge in [0, 0.05) is 18.7 Å². The molecule has 1 aliphatic carbocycles. The van der Waals surface area contributed by atoms with E-state index in [4.69, 9.17) is 16.3 Å². The van der Waals surface area contributed by atoms with Gasteiger partial charge < -0.3 is 15.4 Å². The zero-order valence-electron chi connectivity index (χ0n) is 19.6. The van der Waals surface area contributed by atoms with Crippen LogP contribution in [0.3, 0.4) is 0 Å². The fourth-order valence-electron chi connectivity index (χ4n) is 4.20. The molecule has 1 heterocycles. The van der Waals surface area contributed by atoms with Crippen molar-refractivity contribution < 1.29 is 14.3 Å². The van der Waals surface area contributed by atoms with Crippen LogP contribution < -0.4 is 10.6 Å². The number of benzene rings is 1. The summed E-state index contributed by atoms with van der Waals surface area (Å²) in [6.07, 6.45) is 5.38. The lowest BCUT2D eigenvalue weighted by Crippen LogP contribution is -2.39. The third-order valence-corrected chi connectivity index (χ3v) is 6.11. The fourth-order valence-corrected chi connectivity index (χ4v) is 4.38. The molecule has 2 N–H and O–H groups in total. The van der Waals surface area contributed by atoms with Gasteiger partial charge >= 0.3 is 6.09 Å². The van der Waals surface area contributed by atoms with Crippen LogP contribution in [0.1, 0.15) is 63.6 Å². The summed E-state index contributed by atoms with van der Waals surface area (Å²) >= 11 is 6.12. The highest BCUT2D eigenvalue weighted by Crippen LogP contribution is 2.30. The number of hydrogen-bond donors (Lipinski definition) is 2. The van der Waals surface area contributed by atoms with Crippen molar-refractivity contribution in [3.8, 4) is 0 Å². The number of hydrogen-bond acceptors (Lipinski definition) is 4. The maximum Gasteiger partial charge on any atom is 0.407 e. The van der Waals surface area contributed by atoms with Crippen molar-refractivity contribution in [3.05, 3.63) is 64.9 Å². The van der Waals surface area contributed by atoms with E-state index < -0.39 is 5.60 Å². The van der Waals surface area contributed by atoms with Crippen molar-refractivity contribution in [3.63, 3.8) is 0 Å². The first-order chi connectivity index (χ1) is 15.7. The molecule has 0 bridgehead atoms. The SMILES string of the molecule is CC(C)(C)OC(=O)NC[C@H]1CC[C@H](C(=O)NC(Cc2ccccc2)c2ccnc(Cl)c2)CC1. The van der Waals surface area contributed by atoms with E-state index in [2.05, 4.69) is 27.8 Å². The number of aromatic nitrogens is 1. The third kappa shape index (κ3) is 8.35. The molecule has 1 atom stereocenters. The van der Waals surface area contributed by atoms with E-state index in [1.807, 2.05) is 51.1 Å². The van der Waals surface area contributed by atoms with Crippen LogP contribution in [-0.2, 0) is 16.0 Å². The average Bonchev–Trinajstić information content (AvgIpc) is 2.77. The van der Waals surface area contributed by atoms with Crippen LogP contribution in [0, 0.1) is 11.8 Å². The monoisotopic (exact) mass is 471 g/mol. The smallest absolute Gasteiger partial charge is 0.407 e. The van der Waals surface area contributed by atoms with Crippen molar-refractivity contribution in [2.75, 3.05) is 6.54 Å². The predicted octanol–water partition coefficient (Wildman–Crippen LogP) is 5.47. The Kier molecular flexibility index (Phi) is 8.73. The Morgan fingerprint density at radius 2 is 1.82 bits per heavy atom. The number of nitrogens with zero attached hydrogens (tertiary/aromatic N) is 1. The predicted molar refractivity (Wildman–Crippen MR) is 130 cm³/mol. The van der Waals surface area contributed by atoms with Gasteiger partial charge in [-0.2, -0.15) is 0 Å². The van der Waals surface area contributed by atoms with E-state index in [1.165, 1.54) is 0 Å². The normalized spacial score (nSPS) is 19.4. The second-order valence-corrected chi connectivity index (χ2v) is 10.2. The molecule has 0 spiro atoms. The number of ether oxygens (including phenoxy) is 1. The van der Waals surface area contributed by atoms with Crippen LogP contribution in [0.5, 0.6) is 0 Å². The van der Waals surface area contributed by atoms with Gasteiger partial charge in [-0.3, -0.25) is 4.79 Å². The van der Waals surface area contributed by atoms with Crippen LogP contribution in [0.25, 0.3) is 0 Å². The van der Waals surface area contributed by atoms with Crippen LogP contribution in [-0.4, -0.2) is 29.1 Å². The van der Waals surface area contributed by atoms with Crippen LogP contribution in [0.4, 0.5) is 4.79 Å². The quantitative estimate of drug-likeness (QED) is 0.525. The molecule has 3 rings (SSSR count). The average molecular weight is 472 g/mol. The van der Waals surface area contributed by atoms with Gasteiger partial charge in [0.2, 0.25) is 5.91 Å². The summed E-state index contributed by atoms with van der Waals surface area (Å²) < 4.78 is 5.30. The van der Waals surface area contributed by atoms with Crippen molar-refractivity contribution in [2.24, 2.45) is 11.8 Å². The molecule has 2 aromatic rings. The van der Waals surface area contributed by atoms with Gasteiger partial charge in [0.25, 0.3) is 0 Å². The maximum atomic E-state index is 13.1. The first-order valence-corrected chi connectivity index (χ1v) is 12.0. The van der Waals surface area contributed by atoms with Gasteiger partial charge in [-0.15, -0.1) is 0 Å². The van der Waals surface area contributed by atoms with E-state index in [-0.39, 0.29) is 24.0 Å². The first kappa shape index (κ1) is 25.0. The molecule has 0 aliphatic heterocycles. The number of pyridine rings is 1. The maximum absolute atomic E-state index is 13.1. The molecule has 178 valence electrons. The van der Waals surface area contributed by atoms with Crippen molar-refractivity contribution in [2.45, 2.75) is 64.5 Å². The van der Waals surface area contributed by atoms with Crippen LogP contribution in [0.2, 0.25) is 5.15 Å². The lowest BCUT2D eigenvalue weighted by Gasteiger charge is -2.30. The van der Waals surface area contributed by atoms with Crippen LogP contribution >= 0.6 is 11.6 Å². The summed E-state index contributed by atoms with van der Waals surface area (Å²) in [5, 5.41) is 6.53. The molecule has 6 nitrogen and oxygen atoms in total. The zero-order valence-corrected chi connectivity index (χ0v) is 20.4. The molecule has 1 saturated carbocycles. The molecule has 33 heavy (non-hydrogen) atoms. The molecule has 0 radical (unpaired) electrons. The van der Waals surface area contributed by atoms with Gasteiger partial charge in [-0.1, -0.05) is 41.9 Å². The molecule has 1 unspecified atom stereocenters. The minimum absolute atomic E-state index is 0.0293. The molecule has 1 aromatic carbocycles. The van der Waals surface area contributed by atoms with E-state index in [0.29, 0.717) is 24.0 Å². The number of carbonyl (C=O) groups is 2. The highest BCUT2D eigenvalue weighted by Gasteiger charge is 2.28. The number of nitrogens with one attached hydrogen (secondary N) is 2. The van der Waals surface area contributed by atoms with Crippen LogP contribution in [0.15, 0.2) is 48.7 Å². The Balaban J connectivity index is 1.54. The highest BCUT2D eigenvalue weighted by atomic mass is 35.5. The molecule has 2 amide bonds. The number of rotatable bonds is 7. The topological polar surface area (TPSA) is 80.3 Å². The van der Waals surface area contributed by atoms with Gasteiger partial charge in [0.05, 0.1) is 6.04 Å². The lowest BCUT2D eigenvalue weighted by molar-refractivity contribution is -0.127. The van der Waals surface area contributed by atoms with Gasteiger partial charge in [0.15, 0.2) is 0 Å². The Bertz CT molecular complexity index is 922. The molecule has 1 aliphatic rings. The molecular weight excluding hydrogens is 438 g/mol. The fraction of sp³-hybridized carbons (Fsp3) is 0.500. The Morgan fingerprint density at radius 1 is 1.12 bits per heavy atom. The molecular formula is C26H34ClN3O3. The van der Waals surface area contributed by atoms with E-state index in [9.17, 15) is 9.59 Å². The number of carbonyl (C=O) groups excluding carboxylic acids is 2. The number of alkyl carbamates (subject to hydrolysis) is 1. The van der Waals surface area contributed by atoms with Gasteiger partial charge in [0.1, 0.15) is 10.8 Å². The van der Waals surface area contributed by atoms with Crippen molar-refractivity contribution in [1.29, 1.82) is 0 Å². The standard InChI is InChI=1S/C26H34ClN3O3/c1-26(2,3)33-25(32)29-17-19-9-11-20(12-10-19)24(31)30-22(15-18-7-5-4-6-8-18)21-13-14-28-23(27)16-21/h4-8,13-14,16,19-20,22H,9-12,15,17H2,1-3H3,(H,29,32)(H,30,31)/t19-,20-,22?. The van der Waals surface area contributed by atoms with E-state index in [1.54, 1.807) is 6.20 Å². The largest absolute Gasteiger partial charge is 0.444 e. The lowest BCUT2D eigenvalue weighted by atomic mass is 9.81. The number of halogens is 1. The Labute approximate surface area is 201 Å². The first-order valence-electron chi connectivity index (χ1n) is 11.6. The van der Waals surface area contributed by atoms with Gasteiger partial charge in [-0.25, -0.2) is 9.78 Å². The van der Waals surface area contributed by atoms with Gasteiger partial charge in [-0.05, 0) is 82.1 Å². The Hall–Kier alpha value is -2.60. The summed E-state index contributed by atoms with van der Waals surface area (Å²) in [4.78, 5) is 29.1. The molecule has 0 saturated heterocycles. The minimum atomic E-state index is -0.505. The van der Waals surface area contributed by atoms with Crippen molar-refractivity contribution >= 4 is 23.6 Å². The molecule has 1 fully saturated rings. The van der Waals surface area contributed by atoms with E-state index in [0.717, 1.165) is 36.8 Å². The second kappa shape index (κ2) is 11.5. The van der Waals surface area contributed by atoms with E-state index >= 15 is 0 Å². The Morgan fingerprint density at radius 3 is 2.45 bits per heavy atom. The highest BCUT2D eigenvalue weighted by molar-refractivity contribution is 6.29. The zero-order chi connectivity index (χ0) is 23.8.